The van der Waals surface area contributed by atoms with Crippen molar-refractivity contribution >= 4 is 5.91 Å². The minimum atomic E-state index is -4.43. The summed E-state index contributed by atoms with van der Waals surface area (Å²) in [5, 5.41) is 1.78. The highest BCUT2D eigenvalue weighted by Gasteiger charge is 2.27. The second-order valence-electron chi connectivity index (χ2n) is 5.05. The molecule has 0 atom stereocenters. The maximum Gasteiger partial charge on any atom is 0.405 e. The van der Waals surface area contributed by atoms with Crippen molar-refractivity contribution in [3.05, 3.63) is 23.9 Å². The number of nitrogens with one attached hydrogen (secondary N) is 1. The normalized spacial score (nSPS) is 16.3. The van der Waals surface area contributed by atoms with Gasteiger partial charge in [0.2, 0.25) is 5.88 Å². The number of halogens is 3. The van der Waals surface area contributed by atoms with Crippen molar-refractivity contribution in [3.63, 3.8) is 0 Å². The average Bonchev–Trinajstić information content (AvgIpc) is 2.51. The van der Waals surface area contributed by atoms with E-state index in [1.807, 2.05) is 0 Å². The topological polar surface area (TPSA) is 60.5 Å². The summed E-state index contributed by atoms with van der Waals surface area (Å²) in [7, 11) is 0. The molecule has 2 heterocycles. The van der Waals surface area contributed by atoms with E-state index in [0.717, 1.165) is 26.1 Å². The summed E-state index contributed by atoms with van der Waals surface area (Å²) >= 11 is 0. The number of nitrogens with zero attached hydrogens (tertiary/aromatic N) is 1. The van der Waals surface area contributed by atoms with Crippen molar-refractivity contribution in [1.82, 2.24) is 10.3 Å². The predicted octanol–water partition coefficient (Wildman–Crippen LogP) is 2.18. The molecule has 1 aliphatic rings. The Bertz CT molecular complexity index is 485. The van der Waals surface area contributed by atoms with Crippen molar-refractivity contribution in [2.75, 3.05) is 26.4 Å². The van der Waals surface area contributed by atoms with Gasteiger partial charge in [-0.15, -0.1) is 0 Å². The highest BCUT2D eigenvalue weighted by Crippen LogP contribution is 2.17. The molecule has 1 aromatic heterocycles. The van der Waals surface area contributed by atoms with Crippen molar-refractivity contribution in [1.29, 1.82) is 0 Å². The van der Waals surface area contributed by atoms with Crippen LogP contribution in [0, 0.1) is 5.92 Å². The Hall–Kier alpha value is -1.83. The van der Waals surface area contributed by atoms with Crippen LogP contribution in [0.5, 0.6) is 5.88 Å². The van der Waals surface area contributed by atoms with Crippen LogP contribution in [0.15, 0.2) is 18.3 Å². The largest absolute Gasteiger partial charge is 0.477 e. The Kier molecular flexibility index (Phi) is 5.59. The molecule has 0 aliphatic carbocycles. The number of carbonyl (C=O) groups excluding carboxylic acids is 1. The van der Waals surface area contributed by atoms with Gasteiger partial charge in [0.05, 0.1) is 12.2 Å². The van der Waals surface area contributed by atoms with Crippen LogP contribution in [0.2, 0.25) is 0 Å². The van der Waals surface area contributed by atoms with Crippen molar-refractivity contribution < 1.29 is 27.4 Å². The Morgan fingerprint density at radius 1 is 1.36 bits per heavy atom. The fraction of sp³-hybridized carbons (Fsp3) is 0.571. The van der Waals surface area contributed by atoms with Crippen molar-refractivity contribution in [2.24, 2.45) is 5.92 Å². The highest BCUT2D eigenvalue weighted by atomic mass is 19.4. The zero-order valence-electron chi connectivity index (χ0n) is 11.9. The summed E-state index contributed by atoms with van der Waals surface area (Å²) in [5.41, 5.74) is 0.0580. The summed E-state index contributed by atoms with van der Waals surface area (Å²) < 4.78 is 46.8. The Labute approximate surface area is 125 Å². The number of alkyl halides is 3. The van der Waals surface area contributed by atoms with Gasteiger partial charge >= 0.3 is 6.18 Å². The molecule has 1 aromatic rings. The molecule has 0 bridgehead atoms. The standard InChI is InChI=1S/C14H17F3N2O3/c15-14(16,17)9-19-13(20)11-1-2-12(18-7-11)22-8-10-3-5-21-6-4-10/h1-2,7,10H,3-6,8-9H2,(H,19,20). The van der Waals surface area contributed by atoms with Crippen molar-refractivity contribution in [3.8, 4) is 5.88 Å². The first-order chi connectivity index (χ1) is 10.4. The van der Waals surface area contributed by atoms with Gasteiger partial charge in [-0.2, -0.15) is 13.2 Å². The molecule has 122 valence electrons. The number of carbonyl (C=O) groups is 1. The van der Waals surface area contributed by atoms with Crippen LogP contribution >= 0.6 is 0 Å². The third-order valence-electron chi connectivity index (χ3n) is 3.26. The van der Waals surface area contributed by atoms with E-state index in [4.69, 9.17) is 9.47 Å². The molecular formula is C14H17F3N2O3. The first-order valence-electron chi connectivity index (χ1n) is 6.95. The Balaban J connectivity index is 1.80. The van der Waals surface area contributed by atoms with E-state index >= 15 is 0 Å². The van der Waals surface area contributed by atoms with E-state index in [1.54, 1.807) is 5.32 Å². The molecule has 0 unspecified atom stereocenters. The van der Waals surface area contributed by atoms with Gasteiger partial charge in [-0.1, -0.05) is 0 Å². The minimum Gasteiger partial charge on any atom is -0.477 e. The van der Waals surface area contributed by atoms with Gasteiger partial charge in [0.25, 0.3) is 5.91 Å². The van der Waals surface area contributed by atoms with Crippen molar-refractivity contribution in [2.45, 2.75) is 19.0 Å². The molecular weight excluding hydrogens is 301 g/mol. The summed E-state index contributed by atoms with van der Waals surface area (Å²) in [6.07, 6.45) is -1.38. The smallest absolute Gasteiger partial charge is 0.405 e. The maximum atomic E-state index is 12.0. The third-order valence-corrected chi connectivity index (χ3v) is 3.26. The average molecular weight is 318 g/mol. The molecule has 8 heteroatoms. The molecule has 0 radical (unpaired) electrons. The predicted molar refractivity (Wildman–Crippen MR) is 71.7 cm³/mol. The molecule has 0 spiro atoms. The third kappa shape index (κ3) is 5.51. The van der Waals surface area contributed by atoms with E-state index in [0.29, 0.717) is 18.4 Å². The van der Waals surface area contributed by atoms with Crippen LogP contribution in [0.3, 0.4) is 0 Å². The van der Waals surface area contributed by atoms with Crippen LogP contribution < -0.4 is 10.1 Å². The fourth-order valence-corrected chi connectivity index (χ4v) is 2.00. The zero-order chi connectivity index (χ0) is 16.0. The van der Waals surface area contributed by atoms with Gasteiger partial charge in [0.1, 0.15) is 6.54 Å². The summed E-state index contributed by atoms with van der Waals surface area (Å²) in [6.45, 7) is 0.587. The lowest BCUT2D eigenvalue weighted by Gasteiger charge is -2.21. The fourth-order valence-electron chi connectivity index (χ4n) is 2.00. The lowest BCUT2D eigenvalue weighted by Crippen LogP contribution is -2.33. The second kappa shape index (κ2) is 7.44. The van der Waals surface area contributed by atoms with E-state index in [1.165, 1.54) is 18.3 Å². The van der Waals surface area contributed by atoms with E-state index in [2.05, 4.69) is 4.98 Å². The number of hydrogen-bond acceptors (Lipinski definition) is 4. The number of amides is 1. The molecule has 1 amide bonds. The molecule has 2 rings (SSSR count). The van der Waals surface area contributed by atoms with E-state index in [-0.39, 0.29) is 5.56 Å². The Morgan fingerprint density at radius 2 is 2.09 bits per heavy atom. The lowest BCUT2D eigenvalue weighted by atomic mass is 10.0. The van der Waals surface area contributed by atoms with Crippen LogP contribution in [0.4, 0.5) is 13.2 Å². The molecule has 0 saturated carbocycles. The van der Waals surface area contributed by atoms with E-state index in [9.17, 15) is 18.0 Å². The van der Waals surface area contributed by atoms with Crippen LogP contribution in [-0.2, 0) is 4.74 Å². The number of ether oxygens (including phenoxy) is 2. The van der Waals surface area contributed by atoms with Crippen LogP contribution in [0.25, 0.3) is 0 Å². The number of aromatic nitrogens is 1. The SMILES string of the molecule is O=C(NCC(F)(F)F)c1ccc(OCC2CCOCC2)nc1. The summed E-state index contributed by atoms with van der Waals surface area (Å²) in [4.78, 5) is 15.4. The lowest BCUT2D eigenvalue weighted by molar-refractivity contribution is -0.123. The van der Waals surface area contributed by atoms with Gasteiger partial charge in [-0.05, 0) is 24.8 Å². The summed E-state index contributed by atoms with van der Waals surface area (Å²) in [6, 6.07) is 2.86. The number of pyridine rings is 1. The number of rotatable bonds is 5. The monoisotopic (exact) mass is 318 g/mol. The molecule has 1 saturated heterocycles. The molecule has 1 aliphatic heterocycles. The maximum absolute atomic E-state index is 12.0. The Morgan fingerprint density at radius 3 is 2.68 bits per heavy atom. The first kappa shape index (κ1) is 16.5. The highest BCUT2D eigenvalue weighted by molar-refractivity contribution is 5.93. The quantitative estimate of drug-likeness (QED) is 0.904. The molecule has 0 aromatic carbocycles. The van der Waals surface area contributed by atoms with Gasteiger partial charge in [-0.25, -0.2) is 4.98 Å². The van der Waals surface area contributed by atoms with Crippen LogP contribution in [0.1, 0.15) is 23.2 Å². The second-order valence-corrected chi connectivity index (χ2v) is 5.05. The van der Waals surface area contributed by atoms with Gasteiger partial charge in [0.15, 0.2) is 0 Å². The molecule has 5 nitrogen and oxygen atoms in total. The minimum absolute atomic E-state index is 0.0580. The van der Waals surface area contributed by atoms with Crippen LogP contribution in [-0.4, -0.2) is 43.4 Å². The van der Waals surface area contributed by atoms with Gasteiger partial charge in [0, 0.05) is 25.5 Å². The molecule has 1 N–H and O–H groups in total. The zero-order valence-corrected chi connectivity index (χ0v) is 11.9. The molecule has 22 heavy (non-hydrogen) atoms. The summed E-state index contributed by atoms with van der Waals surface area (Å²) in [5.74, 6) is -0.0648. The molecule has 1 fully saturated rings. The number of hydrogen-bond donors (Lipinski definition) is 1. The van der Waals surface area contributed by atoms with E-state index < -0.39 is 18.6 Å². The van der Waals surface area contributed by atoms with Gasteiger partial charge in [-0.3, -0.25) is 4.79 Å². The first-order valence-corrected chi connectivity index (χ1v) is 6.95. The van der Waals surface area contributed by atoms with Gasteiger partial charge < -0.3 is 14.8 Å².